The predicted molar refractivity (Wildman–Crippen MR) is 111 cm³/mol. The molecule has 0 spiro atoms. The van der Waals surface area contributed by atoms with E-state index in [9.17, 15) is 18.0 Å². The van der Waals surface area contributed by atoms with E-state index in [1.54, 1.807) is 36.4 Å². The van der Waals surface area contributed by atoms with E-state index in [4.69, 9.17) is 4.42 Å². The van der Waals surface area contributed by atoms with Crippen molar-refractivity contribution < 1.29 is 22.4 Å². The molecule has 2 amide bonds. The third-order valence-electron chi connectivity index (χ3n) is 4.13. The number of rotatable bonds is 8. The highest BCUT2D eigenvalue weighted by Gasteiger charge is 2.16. The number of nitrogens with one attached hydrogen (secondary N) is 3. The van der Waals surface area contributed by atoms with Gasteiger partial charge < -0.3 is 15.1 Å². The van der Waals surface area contributed by atoms with E-state index in [1.807, 2.05) is 13.0 Å². The van der Waals surface area contributed by atoms with Gasteiger partial charge in [0, 0.05) is 11.3 Å². The molecule has 0 atom stereocenters. The highest BCUT2D eigenvalue weighted by molar-refractivity contribution is 7.89. The Hall–Kier alpha value is -3.43. The first-order valence-corrected chi connectivity index (χ1v) is 10.6. The highest BCUT2D eigenvalue weighted by Crippen LogP contribution is 2.16. The lowest BCUT2D eigenvalue weighted by Crippen LogP contribution is -2.33. The largest absolute Gasteiger partial charge is 0.468 e. The molecule has 3 aromatic rings. The van der Waals surface area contributed by atoms with Gasteiger partial charge in [-0.05, 0) is 49.4 Å². The van der Waals surface area contributed by atoms with Gasteiger partial charge in [0.1, 0.15) is 5.76 Å². The molecule has 3 rings (SSSR count). The summed E-state index contributed by atoms with van der Waals surface area (Å²) >= 11 is 0. The van der Waals surface area contributed by atoms with E-state index in [0.29, 0.717) is 17.0 Å². The zero-order valence-corrected chi connectivity index (χ0v) is 17.0. The van der Waals surface area contributed by atoms with Crippen LogP contribution in [0.5, 0.6) is 0 Å². The molecule has 0 radical (unpaired) electrons. The summed E-state index contributed by atoms with van der Waals surface area (Å²) in [6.07, 6.45) is 1.46. The maximum atomic E-state index is 12.4. The fraction of sp³-hybridized carbons (Fsp3) is 0.143. The second-order valence-corrected chi connectivity index (χ2v) is 8.30. The summed E-state index contributed by atoms with van der Waals surface area (Å²) in [4.78, 5) is 24.3. The molecule has 0 saturated carbocycles. The monoisotopic (exact) mass is 427 g/mol. The number of hydrogen-bond acceptors (Lipinski definition) is 5. The van der Waals surface area contributed by atoms with Crippen LogP contribution in [0.4, 0.5) is 5.69 Å². The quantitative estimate of drug-likeness (QED) is 0.510. The first kappa shape index (κ1) is 21.3. The van der Waals surface area contributed by atoms with E-state index in [0.717, 1.165) is 5.56 Å². The molecule has 8 nitrogen and oxygen atoms in total. The molecule has 0 aliphatic heterocycles. The van der Waals surface area contributed by atoms with Crippen LogP contribution in [0.3, 0.4) is 0 Å². The number of sulfonamides is 1. The van der Waals surface area contributed by atoms with Crippen LogP contribution in [-0.4, -0.2) is 26.8 Å². The number of anilines is 1. The molecule has 0 saturated heterocycles. The Balaban J connectivity index is 1.57. The number of amides is 2. The van der Waals surface area contributed by atoms with Crippen molar-refractivity contribution in [2.24, 2.45) is 0 Å². The van der Waals surface area contributed by atoms with E-state index in [1.165, 1.54) is 24.5 Å². The number of furan rings is 1. The van der Waals surface area contributed by atoms with Crippen molar-refractivity contribution in [2.75, 3.05) is 11.9 Å². The van der Waals surface area contributed by atoms with Crippen LogP contribution in [0.2, 0.25) is 0 Å². The summed E-state index contributed by atoms with van der Waals surface area (Å²) in [5, 5.41) is 5.11. The Kier molecular flexibility index (Phi) is 6.65. The molecule has 0 fully saturated rings. The summed E-state index contributed by atoms with van der Waals surface area (Å²) in [7, 11) is -3.79. The van der Waals surface area contributed by atoms with E-state index in [2.05, 4.69) is 15.4 Å². The molecule has 156 valence electrons. The zero-order chi connectivity index (χ0) is 21.6. The Labute approximate surface area is 174 Å². The van der Waals surface area contributed by atoms with Crippen molar-refractivity contribution in [1.29, 1.82) is 0 Å². The Morgan fingerprint density at radius 2 is 1.80 bits per heavy atom. The molecule has 0 aliphatic carbocycles. The second-order valence-electron chi connectivity index (χ2n) is 6.53. The van der Waals surface area contributed by atoms with Crippen molar-refractivity contribution in [3.8, 4) is 0 Å². The summed E-state index contributed by atoms with van der Waals surface area (Å²) < 4.78 is 32.4. The molecule has 3 N–H and O–H groups in total. The third-order valence-corrected chi connectivity index (χ3v) is 5.53. The molecule has 30 heavy (non-hydrogen) atoms. The van der Waals surface area contributed by atoms with Crippen molar-refractivity contribution in [2.45, 2.75) is 18.4 Å². The summed E-state index contributed by atoms with van der Waals surface area (Å²) in [5.41, 5.74) is 1.69. The third kappa shape index (κ3) is 5.79. The van der Waals surface area contributed by atoms with E-state index < -0.39 is 15.9 Å². The Morgan fingerprint density at radius 1 is 1.00 bits per heavy atom. The van der Waals surface area contributed by atoms with Crippen molar-refractivity contribution in [3.05, 3.63) is 83.8 Å². The van der Waals surface area contributed by atoms with Gasteiger partial charge in [0.15, 0.2) is 0 Å². The Bertz CT molecular complexity index is 1140. The summed E-state index contributed by atoms with van der Waals surface area (Å²) in [6.45, 7) is 1.63. The van der Waals surface area contributed by atoms with Crippen LogP contribution in [-0.2, 0) is 21.4 Å². The first-order valence-electron chi connectivity index (χ1n) is 9.10. The predicted octanol–water partition coefficient (Wildman–Crippen LogP) is 2.44. The maximum Gasteiger partial charge on any atom is 0.251 e. The highest BCUT2D eigenvalue weighted by atomic mass is 32.2. The molecule has 2 aromatic carbocycles. The summed E-state index contributed by atoms with van der Waals surface area (Å²) in [6, 6.07) is 16.2. The molecule has 9 heteroatoms. The number of carbonyl (C=O) groups excluding carboxylic acids is 2. The first-order chi connectivity index (χ1) is 14.3. The minimum Gasteiger partial charge on any atom is -0.468 e. The van der Waals surface area contributed by atoms with Gasteiger partial charge in [-0.25, -0.2) is 13.1 Å². The van der Waals surface area contributed by atoms with Crippen LogP contribution >= 0.6 is 0 Å². The fourth-order valence-corrected chi connectivity index (χ4v) is 3.70. The van der Waals surface area contributed by atoms with Gasteiger partial charge in [-0.3, -0.25) is 9.59 Å². The van der Waals surface area contributed by atoms with E-state index >= 15 is 0 Å². The summed E-state index contributed by atoms with van der Waals surface area (Å²) in [5.74, 6) is -0.367. The lowest BCUT2D eigenvalue weighted by atomic mass is 10.1. The molecule has 0 aliphatic rings. The average molecular weight is 427 g/mol. The van der Waals surface area contributed by atoms with Crippen LogP contribution < -0.4 is 15.4 Å². The molecule has 0 bridgehead atoms. The Morgan fingerprint density at radius 3 is 2.53 bits per heavy atom. The fourth-order valence-electron chi connectivity index (χ4n) is 2.66. The molecular weight excluding hydrogens is 406 g/mol. The number of benzene rings is 2. The van der Waals surface area contributed by atoms with Gasteiger partial charge in [-0.15, -0.1) is 0 Å². The van der Waals surface area contributed by atoms with Crippen LogP contribution in [0.15, 0.2) is 76.2 Å². The lowest BCUT2D eigenvalue weighted by Gasteiger charge is -2.10. The van der Waals surface area contributed by atoms with Gasteiger partial charge in [0.25, 0.3) is 5.91 Å². The molecule has 1 heterocycles. The van der Waals surface area contributed by atoms with Crippen molar-refractivity contribution >= 4 is 27.5 Å². The normalized spacial score (nSPS) is 11.1. The minimum absolute atomic E-state index is 0.00403. The van der Waals surface area contributed by atoms with Crippen molar-refractivity contribution in [3.63, 3.8) is 0 Å². The van der Waals surface area contributed by atoms with Crippen LogP contribution in [0, 0.1) is 6.92 Å². The molecule has 0 unspecified atom stereocenters. The van der Waals surface area contributed by atoms with Crippen LogP contribution in [0.1, 0.15) is 21.7 Å². The smallest absolute Gasteiger partial charge is 0.251 e. The molecular formula is C21H21N3O5S. The average Bonchev–Trinajstić information content (AvgIpc) is 3.24. The number of aryl methyl sites for hydroxylation is 1. The molecule has 1 aromatic heterocycles. The van der Waals surface area contributed by atoms with Crippen molar-refractivity contribution in [1.82, 2.24) is 10.0 Å². The zero-order valence-electron chi connectivity index (χ0n) is 16.2. The number of carbonyl (C=O) groups is 2. The number of hydrogen-bond donors (Lipinski definition) is 3. The standard InChI is InChI=1S/C21H21N3O5S/c1-15-5-2-6-16(11-15)21(26)22-14-20(25)24-17-7-3-9-19(12-17)30(27,28)23-13-18-8-4-10-29-18/h2-12,23H,13-14H2,1H3,(H,22,26)(H,24,25). The van der Waals surface area contributed by atoms with Gasteiger partial charge >= 0.3 is 0 Å². The SMILES string of the molecule is Cc1cccc(C(=O)NCC(=O)Nc2cccc(S(=O)(=O)NCc3ccco3)c2)c1. The van der Waals surface area contributed by atoms with Gasteiger partial charge in [0.05, 0.1) is 24.2 Å². The van der Waals surface area contributed by atoms with Crippen LogP contribution in [0.25, 0.3) is 0 Å². The van der Waals surface area contributed by atoms with Gasteiger partial charge in [-0.2, -0.15) is 0 Å². The van der Waals surface area contributed by atoms with E-state index in [-0.39, 0.29) is 23.9 Å². The topological polar surface area (TPSA) is 118 Å². The lowest BCUT2D eigenvalue weighted by molar-refractivity contribution is -0.115. The van der Waals surface area contributed by atoms with Gasteiger partial charge in [-0.1, -0.05) is 23.8 Å². The van der Waals surface area contributed by atoms with Gasteiger partial charge in [0.2, 0.25) is 15.9 Å². The maximum absolute atomic E-state index is 12.4. The second kappa shape index (κ2) is 9.38. The minimum atomic E-state index is -3.79.